The van der Waals surface area contributed by atoms with Crippen molar-refractivity contribution in [1.29, 1.82) is 0 Å². The largest absolute Gasteiger partial charge is 0.313 e. The first kappa shape index (κ1) is 14.9. The van der Waals surface area contributed by atoms with Crippen molar-refractivity contribution in [3.63, 3.8) is 0 Å². The predicted octanol–water partition coefficient (Wildman–Crippen LogP) is 2.32. The van der Waals surface area contributed by atoms with E-state index in [2.05, 4.69) is 20.2 Å². The van der Waals surface area contributed by atoms with Crippen LogP contribution in [0.4, 0.5) is 5.00 Å². The number of amides is 1. The Bertz CT molecular complexity index is 569. The molecule has 0 spiro atoms. The summed E-state index contributed by atoms with van der Waals surface area (Å²) in [5.41, 5.74) is 1.70. The van der Waals surface area contributed by atoms with Crippen LogP contribution in [0, 0.1) is 0 Å². The minimum atomic E-state index is -0.0919. The minimum Gasteiger partial charge on any atom is -0.313 e. The second-order valence-electron chi connectivity index (χ2n) is 4.45. The second-order valence-corrected chi connectivity index (χ2v) is 5.21. The van der Waals surface area contributed by atoms with Gasteiger partial charge in [0, 0.05) is 17.1 Å². The average Bonchev–Trinajstić information content (AvgIpc) is 3.11. The zero-order valence-electron chi connectivity index (χ0n) is 10.7. The molecule has 0 radical (unpaired) electrons. The van der Waals surface area contributed by atoms with Crippen molar-refractivity contribution in [3.05, 3.63) is 30.3 Å². The van der Waals surface area contributed by atoms with E-state index in [0.717, 1.165) is 30.6 Å². The van der Waals surface area contributed by atoms with Crippen molar-refractivity contribution in [3.8, 4) is 11.3 Å². The van der Waals surface area contributed by atoms with Gasteiger partial charge in [0.05, 0.1) is 6.04 Å². The molecule has 3 rings (SSSR count). The van der Waals surface area contributed by atoms with Crippen LogP contribution in [0.5, 0.6) is 0 Å². The van der Waals surface area contributed by atoms with Gasteiger partial charge in [-0.3, -0.25) is 4.79 Å². The summed E-state index contributed by atoms with van der Waals surface area (Å²) in [6.07, 6.45) is 1.93. The number of hydrogen-bond donors (Lipinski definition) is 2. The summed E-state index contributed by atoms with van der Waals surface area (Å²) in [6, 6.07) is 9.66. The van der Waals surface area contributed by atoms with Crippen molar-refractivity contribution in [2.75, 3.05) is 11.9 Å². The molecule has 0 aliphatic carbocycles. The Morgan fingerprint density at radius 2 is 2.15 bits per heavy atom. The molecular formula is C13H15ClN4OS. The molecule has 2 aromatic rings. The van der Waals surface area contributed by atoms with Gasteiger partial charge < -0.3 is 10.6 Å². The predicted molar refractivity (Wildman–Crippen MR) is 82.2 cm³/mol. The van der Waals surface area contributed by atoms with E-state index in [-0.39, 0.29) is 24.4 Å². The molecule has 1 aromatic carbocycles. The first-order chi connectivity index (χ1) is 9.34. The molecular weight excluding hydrogens is 296 g/mol. The number of nitrogens with one attached hydrogen (secondary N) is 2. The van der Waals surface area contributed by atoms with E-state index < -0.39 is 0 Å². The number of hydrogen-bond acceptors (Lipinski definition) is 5. The summed E-state index contributed by atoms with van der Waals surface area (Å²) in [7, 11) is 0. The molecule has 7 heteroatoms. The van der Waals surface area contributed by atoms with E-state index in [1.54, 1.807) is 0 Å². The Kier molecular flexibility index (Phi) is 5.05. The normalized spacial score (nSPS) is 17.5. The molecule has 1 aliphatic rings. The van der Waals surface area contributed by atoms with Crippen molar-refractivity contribution in [1.82, 2.24) is 14.9 Å². The van der Waals surface area contributed by atoms with Crippen molar-refractivity contribution < 1.29 is 4.79 Å². The molecule has 1 atom stereocenters. The van der Waals surface area contributed by atoms with E-state index in [4.69, 9.17) is 0 Å². The molecule has 20 heavy (non-hydrogen) atoms. The van der Waals surface area contributed by atoms with E-state index in [0.29, 0.717) is 5.00 Å². The zero-order chi connectivity index (χ0) is 13.1. The van der Waals surface area contributed by atoms with Gasteiger partial charge in [-0.1, -0.05) is 34.8 Å². The summed E-state index contributed by atoms with van der Waals surface area (Å²) >= 11 is 1.21. The lowest BCUT2D eigenvalue weighted by Crippen LogP contribution is -2.35. The second kappa shape index (κ2) is 6.78. The summed E-state index contributed by atoms with van der Waals surface area (Å²) in [5, 5.41) is 10.9. The molecule has 1 aromatic heterocycles. The number of nitrogens with zero attached hydrogens (tertiary/aromatic N) is 2. The van der Waals surface area contributed by atoms with Gasteiger partial charge in [-0.15, -0.1) is 17.5 Å². The van der Waals surface area contributed by atoms with Crippen LogP contribution >= 0.6 is 23.9 Å². The summed E-state index contributed by atoms with van der Waals surface area (Å²) < 4.78 is 3.93. The maximum absolute atomic E-state index is 12.1. The molecule has 1 aliphatic heterocycles. The van der Waals surface area contributed by atoms with Gasteiger partial charge >= 0.3 is 0 Å². The smallest absolute Gasteiger partial charge is 0.242 e. The van der Waals surface area contributed by atoms with Crippen LogP contribution in [0.3, 0.4) is 0 Å². The number of carbonyl (C=O) groups excluding carboxylic acids is 1. The highest BCUT2D eigenvalue weighted by atomic mass is 35.5. The molecule has 2 heterocycles. The Labute approximate surface area is 127 Å². The lowest BCUT2D eigenvalue weighted by atomic mass is 10.1. The molecule has 1 saturated heterocycles. The van der Waals surface area contributed by atoms with E-state index in [1.165, 1.54) is 11.5 Å². The average molecular weight is 311 g/mol. The number of aromatic nitrogens is 2. The van der Waals surface area contributed by atoms with Crippen LogP contribution in [0.1, 0.15) is 12.8 Å². The third-order valence-electron chi connectivity index (χ3n) is 3.15. The third kappa shape index (κ3) is 3.15. The lowest BCUT2D eigenvalue weighted by Gasteiger charge is -2.10. The summed E-state index contributed by atoms with van der Waals surface area (Å²) in [5.74, 6) is 0.000677. The van der Waals surface area contributed by atoms with Crippen LogP contribution in [-0.2, 0) is 4.79 Å². The van der Waals surface area contributed by atoms with Crippen molar-refractivity contribution >= 4 is 34.8 Å². The fourth-order valence-corrected chi connectivity index (χ4v) is 2.76. The highest BCUT2D eigenvalue weighted by molar-refractivity contribution is 7.10. The van der Waals surface area contributed by atoms with Gasteiger partial charge in [0.15, 0.2) is 0 Å². The van der Waals surface area contributed by atoms with Crippen LogP contribution in [0.2, 0.25) is 0 Å². The van der Waals surface area contributed by atoms with Crippen molar-refractivity contribution in [2.45, 2.75) is 18.9 Å². The molecule has 5 nitrogen and oxygen atoms in total. The zero-order valence-corrected chi connectivity index (χ0v) is 12.3. The first-order valence-corrected chi connectivity index (χ1v) is 7.04. The van der Waals surface area contributed by atoms with Crippen LogP contribution in [0.25, 0.3) is 11.3 Å². The minimum absolute atomic E-state index is 0. The molecule has 1 amide bonds. The number of anilines is 1. The third-order valence-corrected chi connectivity index (χ3v) is 3.79. The van der Waals surface area contributed by atoms with Gasteiger partial charge in [-0.05, 0) is 19.4 Å². The Morgan fingerprint density at radius 1 is 1.35 bits per heavy atom. The number of rotatable bonds is 3. The standard InChI is InChI=1S/C13H14N4OS.ClH/c18-12(10-7-4-8-14-10)15-13-11(16-17-19-13)9-5-2-1-3-6-9;/h1-3,5-6,10,14H,4,7-8H2,(H,15,18);1H. The molecule has 0 saturated carbocycles. The molecule has 0 bridgehead atoms. The van der Waals surface area contributed by atoms with Gasteiger partial charge in [-0.2, -0.15) is 0 Å². The van der Waals surface area contributed by atoms with E-state index in [1.807, 2.05) is 30.3 Å². The topological polar surface area (TPSA) is 66.9 Å². The maximum atomic E-state index is 12.1. The lowest BCUT2D eigenvalue weighted by molar-refractivity contribution is -0.117. The van der Waals surface area contributed by atoms with Crippen molar-refractivity contribution in [2.24, 2.45) is 0 Å². The van der Waals surface area contributed by atoms with Gasteiger partial charge in [0.2, 0.25) is 5.91 Å². The monoisotopic (exact) mass is 310 g/mol. The maximum Gasteiger partial charge on any atom is 0.242 e. The highest BCUT2D eigenvalue weighted by Gasteiger charge is 2.23. The van der Waals surface area contributed by atoms with Crippen LogP contribution < -0.4 is 10.6 Å². The van der Waals surface area contributed by atoms with Gasteiger partial charge in [-0.25, -0.2) is 0 Å². The summed E-state index contributed by atoms with van der Waals surface area (Å²) in [4.78, 5) is 12.1. The quantitative estimate of drug-likeness (QED) is 0.913. The highest BCUT2D eigenvalue weighted by Crippen LogP contribution is 2.28. The number of carbonyl (C=O) groups is 1. The van der Waals surface area contributed by atoms with Crippen LogP contribution in [0.15, 0.2) is 30.3 Å². The Hall–Kier alpha value is -1.50. The SMILES string of the molecule is Cl.O=C(Nc1snnc1-c1ccccc1)C1CCCN1. The molecule has 106 valence electrons. The first-order valence-electron chi connectivity index (χ1n) is 6.26. The van der Waals surface area contributed by atoms with Gasteiger partial charge in [0.25, 0.3) is 0 Å². The van der Waals surface area contributed by atoms with E-state index in [9.17, 15) is 4.79 Å². The Morgan fingerprint density at radius 3 is 2.85 bits per heavy atom. The number of benzene rings is 1. The molecule has 1 fully saturated rings. The Balaban J connectivity index is 0.00000147. The summed E-state index contributed by atoms with van der Waals surface area (Å²) in [6.45, 7) is 0.907. The number of halogens is 1. The molecule has 2 N–H and O–H groups in total. The van der Waals surface area contributed by atoms with Crippen LogP contribution in [-0.4, -0.2) is 28.1 Å². The fraction of sp³-hybridized carbons (Fsp3) is 0.308. The van der Waals surface area contributed by atoms with E-state index >= 15 is 0 Å². The molecule has 1 unspecified atom stereocenters. The van der Waals surface area contributed by atoms with Gasteiger partial charge in [0.1, 0.15) is 10.7 Å². The fourth-order valence-electron chi connectivity index (χ4n) is 2.16.